The quantitative estimate of drug-likeness (QED) is 0.669. The van der Waals surface area contributed by atoms with Crippen LogP contribution in [0, 0.1) is 13.8 Å². The van der Waals surface area contributed by atoms with Gasteiger partial charge in [0, 0.05) is 25.3 Å². The smallest absolute Gasteiger partial charge is 0.323 e. The number of fused-ring (bicyclic) bond motifs is 1. The molecule has 0 bridgehead atoms. The molecule has 1 fully saturated rings. The lowest BCUT2D eigenvalue weighted by Gasteiger charge is -2.18. The van der Waals surface area contributed by atoms with Crippen LogP contribution in [-0.2, 0) is 6.54 Å². The fourth-order valence-corrected chi connectivity index (χ4v) is 3.62. The predicted octanol–water partition coefficient (Wildman–Crippen LogP) is 1.83. The van der Waals surface area contributed by atoms with E-state index in [2.05, 4.69) is 26.4 Å². The van der Waals surface area contributed by atoms with Crippen molar-refractivity contribution in [3.8, 4) is 0 Å². The number of aromatic amines is 2. The standard InChI is InChI=1S/C18H22N6O2/c1-11-7-12(2)24(22-11)14-5-6-23(10-14)18(26)19-9-13-3-4-15-16(8-13)21-17(25)20-15/h3-4,7-8,14H,5-6,9-10H2,1-2H3,(H,19,26)(H2,20,21,25)/t14-/m1/s1. The van der Waals surface area contributed by atoms with Crippen LogP contribution in [0.1, 0.15) is 29.4 Å². The molecule has 1 aromatic carbocycles. The molecule has 1 aliphatic heterocycles. The molecule has 2 aromatic heterocycles. The fourth-order valence-electron chi connectivity index (χ4n) is 3.62. The Morgan fingerprint density at radius 1 is 1.27 bits per heavy atom. The molecule has 26 heavy (non-hydrogen) atoms. The van der Waals surface area contributed by atoms with Crippen molar-refractivity contribution >= 4 is 17.1 Å². The van der Waals surface area contributed by atoms with Crippen molar-refractivity contribution in [2.75, 3.05) is 13.1 Å². The van der Waals surface area contributed by atoms with Crippen molar-refractivity contribution in [3.05, 3.63) is 51.7 Å². The van der Waals surface area contributed by atoms with Gasteiger partial charge in [-0.15, -0.1) is 0 Å². The third-order valence-electron chi connectivity index (χ3n) is 4.87. The van der Waals surface area contributed by atoms with Gasteiger partial charge in [-0.3, -0.25) is 4.68 Å². The number of hydrogen-bond donors (Lipinski definition) is 3. The first kappa shape index (κ1) is 16.4. The number of carbonyl (C=O) groups excluding carboxylic acids is 1. The Morgan fingerprint density at radius 2 is 2.08 bits per heavy atom. The molecule has 2 amide bonds. The van der Waals surface area contributed by atoms with E-state index in [4.69, 9.17) is 0 Å². The summed E-state index contributed by atoms with van der Waals surface area (Å²) in [6, 6.07) is 7.83. The van der Waals surface area contributed by atoms with Gasteiger partial charge in [0.05, 0.1) is 22.8 Å². The monoisotopic (exact) mass is 354 g/mol. The third kappa shape index (κ3) is 3.10. The first-order valence-corrected chi connectivity index (χ1v) is 8.76. The molecule has 3 heterocycles. The van der Waals surface area contributed by atoms with Crippen molar-refractivity contribution in [1.82, 2.24) is 30.0 Å². The second kappa shape index (κ2) is 6.36. The van der Waals surface area contributed by atoms with E-state index in [0.29, 0.717) is 13.1 Å². The van der Waals surface area contributed by atoms with Gasteiger partial charge in [0.1, 0.15) is 0 Å². The maximum absolute atomic E-state index is 12.5. The number of aryl methyl sites for hydroxylation is 2. The summed E-state index contributed by atoms with van der Waals surface area (Å²) in [6.07, 6.45) is 0.909. The van der Waals surface area contributed by atoms with Crippen molar-refractivity contribution in [2.45, 2.75) is 32.9 Å². The zero-order chi connectivity index (χ0) is 18.3. The number of benzene rings is 1. The van der Waals surface area contributed by atoms with E-state index in [0.717, 1.165) is 41.0 Å². The number of imidazole rings is 1. The summed E-state index contributed by atoms with van der Waals surface area (Å²) in [6.45, 7) is 5.84. The Labute approximate surface area is 150 Å². The Hall–Kier alpha value is -3.03. The molecule has 0 spiro atoms. The molecule has 1 saturated heterocycles. The number of nitrogens with one attached hydrogen (secondary N) is 3. The van der Waals surface area contributed by atoms with E-state index in [1.807, 2.05) is 41.6 Å². The van der Waals surface area contributed by atoms with Crippen molar-refractivity contribution in [1.29, 1.82) is 0 Å². The van der Waals surface area contributed by atoms with Crippen molar-refractivity contribution < 1.29 is 4.79 Å². The largest absolute Gasteiger partial charge is 0.334 e. The first-order valence-electron chi connectivity index (χ1n) is 8.76. The summed E-state index contributed by atoms with van der Waals surface area (Å²) < 4.78 is 2.03. The fraction of sp³-hybridized carbons (Fsp3) is 0.389. The second-order valence-corrected chi connectivity index (χ2v) is 6.88. The van der Waals surface area contributed by atoms with Gasteiger partial charge < -0.3 is 20.2 Å². The number of rotatable bonds is 3. The highest BCUT2D eigenvalue weighted by Crippen LogP contribution is 2.23. The van der Waals surface area contributed by atoms with Crippen molar-refractivity contribution in [3.63, 3.8) is 0 Å². The van der Waals surface area contributed by atoms with Crippen LogP contribution in [0.25, 0.3) is 11.0 Å². The van der Waals surface area contributed by atoms with E-state index in [1.165, 1.54) is 0 Å². The van der Waals surface area contributed by atoms with Crippen LogP contribution in [0.5, 0.6) is 0 Å². The van der Waals surface area contributed by atoms with Gasteiger partial charge in [-0.2, -0.15) is 5.10 Å². The van der Waals surface area contributed by atoms with Gasteiger partial charge in [-0.05, 0) is 44.0 Å². The third-order valence-corrected chi connectivity index (χ3v) is 4.87. The molecular formula is C18H22N6O2. The number of urea groups is 1. The zero-order valence-electron chi connectivity index (χ0n) is 14.9. The van der Waals surface area contributed by atoms with E-state index < -0.39 is 0 Å². The number of aromatic nitrogens is 4. The minimum atomic E-state index is -0.228. The van der Waals surface area contributed by atoms with E-state index in [-0.39, 0.29) is 17.8 Å². The average molecular weight is 354 g/mol. The summed E-state index contributed by atoms with van der Waals surface area (Å²) in [5, 5.41) is 7.50. The number of amides is 2. The molecule has 1 atom stereocenters. The lowest BCUT2D eigenvalue weighted by molar-refractivity contribution is 0.206. The van der Waals surface area contributed by atoms with Gasteiger partial charge in [0.25, 0.3) is 0 Å². The van der Waals surface area contributed by atoms with Crippen LogP contribution in [0.4, 0.5) is 4.79 Å². The molecule has 0 unspecified atom stereocenters. The maximum Gasteiger partial charge on any atom is 0.323 e. The minimum Gasteiger partial charge on any atom is -0.334 e. The summed E-state index contributed by atoms with van der Waals surface area (Å²) >= 11 is 0. The lowest BCUT2D eigenvalue weighted by atomic mass is 10.2. The van der Waals surface area contributed by atoms with Gasteiger partial charge in [0.2, 0.25) is 0 Å². The van der Waals surface area contributed by atoms with Crippen LogP contribution < -0.4 is 11.0 Å². The molecule has 3 N–H and O–H groups in total. The normalized spacial score (nSPS) is 17.2. The molecular weight excluding hydrogens is 332 g/mol. The Kier molecular flexibility index (Phi) is 4.02. The predicted molar refractivity (Wildman–Crippen MR) is 98.1 cm³/mol. The molecule has 0 radical (unpaired) electrons. The SMILES string of the molecule is Cc1cc(C)n([C@@H]2CCN(C(=O)NCc3ccc4[nH]c(=O)[nH]c4c3)C2)n1. The summed E-state index contributed by atoms with van der Waals surface area (Å²) in [5.41, 5.74) is 4.35. The van der Waals surface area contributed by atoms with Crippen LogP contribution in [0.3, 0.4) is 0 Å². The molecule has 1 aliphatic rings. The molecule has 0 saturated carbocycles. The summed E-state index contributed by atoms with van der Waals surface area (Å²) in [5.74, 6) is 0. The first-order chi connectivity index (χ1) is 12.5. The van der Waals surface area contributed by atoms with E-state index in [9.17, 15) is 9.59 Å². The Balaban J connectivity index is 1.37. The molecule has 3 aromatic rings. The Bertz CT molecular complexity index is 1010. The molecule has 136 valence electrons. The van der Waals surface area contributed by atoms with Gasteiger partial charge >= 0.3 is 11.7 Å². The van der Waals surface area contributed by atoms with Crippen LogP contribution >= 0.6 is 0 Å². The molecule has 8 nitrogen and oxygen atoms in total. The zero-order valence-corrected chi connectivity index (χ0v) is 14.9. The Morgan fingerprint density at radius 3 is 2.85 bits per heavy atom. The number of nitrogens with zero attached hydrogens (tertiary/aromatic N) is 3. The average Bonchev–Trinajstić information content (AvgIpc) is 3.29. The molecule has 8 heteroatoms. The number of likely N-dealkylation sites (tertiary alicyclic amines) is 1. The topological polar surface area (TPSA) is 98.8 Å². The van der Waals surface area contributed by atoms with Crippen molar-refractivity contribution in [2.24, 2.45) is 0 Å². The lowest BCUT2D eigenvalue weighted by Crippen LogP contribution is -2.38. The highest BCUT2D eigenvalue weighted by molar-refractivity contribution is 5.76. The molecule has 0 aliphatic carbocycles. The summed E-state index contributed by atoms with van der Waals surface area (Å²) in [7, 11) is 0. The van der Waals surface area contributed by atoms with E-state index in [1.54, 1.807) is 0 Å². The van der Waals surface area contributed by atoms with Gasteiger partial charge in [-0.25, -0.2) is 9.59 Å². The maximum atomic E-state index is 12.5. The number of H-pyrrole nitrogens is 2. The number of carbonyl (C=O) groups is 1. The van der Waals surface area contributed by atoms with E-state index >= 15 is 0 Å². The molecule has 4 rings (SSSR count). The minimum absolute atomic E-state index is 0.0725. The second-order valence-electron chi connectivity index (χ2n) is 6.88. The summed E-state index contributed by atoms with van der Waals surface area (Å²) in [4.78, 5) is 31.1. The van der Waals surface area contributed by atoms with Crippen LogP contribution in [-0.4, -0.2) is 43.8 Å². The highest BCUT2D eigenvalue weighted by Gasteiger charge is 2.28. The van der Waals surface area contributed by atoms with Crippen LogP contribution in [0.2, 0.25) is 0 Å². The van der Waals surface area contributed by atoms with Crippen LogP contribution in [0.15, 0.2) is 29.1 Å². The number of hydrogen-bond acceptors (Lipinski definition) is 3. The van der Waals surface area contributed by atoms with Gasteiger partial charge in [-0.1, -0.05) is 6.07 Å². The highest BCUT2D eigenvalue weighted by atomic mass is 16.2. The van der Waals surface area contributed by atoms with Gasteiger partial charge in [0.15, 0.2) is 0 Å².